The highest BCUT2D eigenvalue weighted by Gasteiger charge is 1.94. The fourth-order valence-corrected chi connectivity index (χ4v) is 0.568. The van der Waals surface area contributed by atoms with Crippen LogP contribution in [-0.2, 0) is 6.42 Å². The number of nitrogens with zero attached hydrogens (tertiary/aromatic N) is 2. The molecule has 1 heterocycles. The van der Waals surface area contributed by atoms with Crippen molar-refractivity contribution in [1.82, 2.24) is 9.97 Å². The number of halogens is 1. The smallest absolute Gasteiger partial charge is 0.159 e. The van der Waals surface area contributed by atoms with E-state index < -0.39 is 5.82 Å². The molecule has 0 fully saturated rings. The van der Waals surface area contributed by atoms with Crippen molar-refractivity contribution >= 4 is 0 Å². The quantitative estimate of drug-likeness (QED) is 0.639. The van der Waals surface area contributed by atoms with Gasteiger partial charge in [0.15, 0.2) is 5.82 Å². The first-order chi connectivity index (χ1) is 4.83. The van der Waals surface area contributed by atoms with Gasteiger partial charge in [0.25, 0.3) is 0 Å². The minimum atomic E-state index is -0.457. The van der Waals surface area contributed by atoms with Gasteiger partial charge in [-0.1, -0.05) is 0 Å². The van der Waals surface area contributed by atoms with Gasteiger partial charge in [-0.2, -0.15) is 0 Å². The van der Waals surface area contributed by atoms with Crippen molar-refractivity contribution in [2.45, 2.75) is 6.42 Å². The summed E-state index contributed by atoms with van der Waals surface area (Å²) in [5, 5.41) is 8.42. The van der Waals surface area contributed by atoms with Gasteiger partial charge in [0.1, 0.15) is 5.82 Å². The predicted octanol–water partition coefficient (Wildman–Crippen LogP) is 0.151. The molecule has 4 heteroatoms. The summed E-state index contributed by atoms with van der Waals surface area (Å²) in [6.45, 7) is -0.00830. The van der Waals surface area contributed by atoms with E-state index in [2.05, 4.69) is 9.97 Å². The van der Waals surface area contributed by atoms with Crippen LogP contribution < -0.4 is 0 Å². The van der Waals surface area contributed by atoms with E-state index >= 15 is 0 Å². The molecule has 10 heavy (non-hydrogen) atoms. The lowest BCUT2D eigenvalue weighted by molar-refractivity contribution is 0.296. The fourth-order valence-electron chi connectivity index (χ4n) is 0.568. The third-order valence-electron chi connectivity index (χ3n) is 1.01. The van der Waals surface area contributed by atoms with Gasteiger partial charge in [0.05, 0.1) is 19.0 Å². The van der Waals surface area contributed by atoms with Crippen LogP contribution >= 0.6 is 0 Å². The number of aliphatic hydroxyl groups excluding tert-OH is 1. The molecule has 54 valence electrons. The van der Waals surface area contributed by atoms with Crippen molar-refractivity contribution in [1.29, 1.82) is 0 Å². The van der Waals surface area contributed by atoms with Crippen molar-refractivity contribution in [2.24, 2.45) is 0 Å². The van der Waals surface area contributed by atoms with Gasteiger partial charge in [0, 0.05) is 6.42 Å². The molecule has 0 amide bonds. The van der Waals surface area contributed by atoms with Crippen LogP contribution in [0.5, 0.6) is 0 Å². The largest absolute Gasteiger partial charge is 0.396 e. The first-order valence-corrected chi connectivity index (χ1v) is 2.90. The molecule has 0 spiro atoms. The average Bonchev–Trinajstić information content (AvgIpc) is 1.95. The minimum Gasteiger partial charge on any atom is -0.396 e. The molecule has 1 aromatic rings. The lowest BCUT2D eigenvalue weighted by atomic mass is 10.4. The SMILES string of the molecule is OCCc1ncc(F)cn1. The van der Waals surface area contributed by atoms with Crippen LogP contribution in [0.2, 0.25) is 0 Å². The summed E-state index contributed by atoms with van der Waals surface area (Å²) in [5.74, 6) is 0.00518. The zero-order valence-corrected chi connectivity index (χ0v) is 5.29. The first-order valence-electron chi connectivity index (χ1n) is 2.90. The summed E-state index contributed by atoms with van der Waals surface area (Å²) >= 11 is 0. The minimum absolute atomic E-state index is 0.00830. The number of aromatic nitrogens is 2. The Balaban J connectivity index is 2.69. The zero-order valence-electron chi connectivity index (χ0n) is 5.29. The third kappa shape index (κ3) is 1.73. The Labute approximate surface area is 57.6 Å². The van der Waals surface area contributed by atoms with Gasteiger partial charge >= 0.3 is 0 Å². The van der Waals surface area contributed by atoms with Gasteiger partial charge in [-0.05, 0) is 0 Å². The molecule has 0 aliphatic heterocycles. The third-order valence-corrected chi connectivity index (χ3v) is 1.01. The Morgan fingerprint density at radius 3 is 2.50 bits per heavy atom. The molecule has 0 bridgehead atoms. The van der Waals surface area contributed by atoms with Gasteiger partial charge in [-0.15, -0.1) is 0 Å². The van der Waals surface area contributed by atoms with Gasteiger partial charge in [0.2, 0.25) is 0 Å². The standard InChI is InChI=1S/C6H7FN2O/c7-5-3-8-6(1-2-10)9-4-5/h3-4,10H,1-2H2. The van der Waals surface area contributed by atoms with E-state index in [1.165, 1.54) is 0 Å². The van der Waals surface area contributed by atoms with Crippen molar-refractivity contribution in [3.8, 4) is 0 Å². The molecule has 0 aromatic carbocycles. The van der Waals surface area contributed by atoms with Crippen LogP contribution in [0.1, 0.15) is 5.82 Å². The average molecular weight is 142 g/mol. The van der Waals surface area contributed by atoms with E-state index in [1.54, 1.807) is 0 Å². The second-order valence-corrected chi connectivity index (χ2v) is 1.79. The molecule has 0 aliphatic rings. The summed E-state index contributed by atoms with van der Waals surface area (Å²) in [7, 11) is 0. The maximum Gasteiger partial charge on any atom is 0.159 e. The highest BCUT2D eigenvalue weighted by atomic mass is 19.1. The molecule has 1 aromatic heterocycles. The Morgan fingerprint density at radius 2 is 2.00 bits per heavy atom. The highest BCUT2D eigenvalue weighted by molar-refractivity contribution is 4.90. The first kappa shape index (κ1) is 7.08. The fraction of sp³-hybridized carbons (Fsp3) is 0.333. The second-order valence-electron chi connectivity index (χ2n) is 1.79. The van der Waals surface area contributed by atoms with Crippen LogP contribution in [0.25, 0.3) is 0 Å². The van der Waals surface area contributed by atoms with Crippen LogP contribution in [0.15, 0.2) is 12.4 Å². The molecule has 0 saturated heterocycles. The van der Waals surface area contributed by atoms with Crippen LogP contribution in [0, 0.1) is 5.82 Å². The Morgan fingerprint density at radius 1 is 1.40 bits per heavy atom. The van der Waals surface area contributed by atoms with E-state index in [1.807, 2.05) is 0 Å². The van der Waals surface area contributed by atoms with Gasteiger partial charge in [-0.3, -0.25) is 0 Å². The molecule has 0 atom stereocenters. The van der Waals surface area contributed by atoms with Crippen molar-refractivity contribution < 1.29 is 9.50 Å². The van der Waals surface area contributed by atoms with E-state index in [9.17, 15) is 4.39 Å². The van der Waals surface area contributed by atoms with Crippen molar-refractivity contribution in [3.63, 3.8) is 0 Å². The summed E-state index contributed by atoms with van der Waals surface area (Å²) < 4.78 is 12.1. The lowest BCUT2D eigenvalue weighted by Gasteiger charge is -1.93. The highest BCUT2D eigenvalue weighted by Crippen LogP contribution is 1.92. The normalized spacial score (nSPS) is 9.80. The predicted molar refractivity (Wildman–Crippen MR) is 32.8 cm³/mol. The van der Waals surface area contributed by atoms with E-state index in [0.717, 1.165) is 12.4 Å². The molecule has 3 nitrogen and oxygen atoms in total. The molecular formula is C6H7FN2O. The van der Waals surface area contributed by atoms with E-state index in [-0.39, 0.29) is 6.61 Å². The topological polar surface area (TPSA) is 46.0 Å². The summed E-state index contributed by atoms with van der Waals surface area (Å²) in [6, 6.07) is 0. The number of aliphatic hydroxyl groups is 1. The lowest BCUT2D eigenvalue weighted by Crippen LogP contribution is -1.97. The number of rotatable bonds is 2. The molecule has 1 rings (SSSR count). The zero-order chi connectivity index (χ0) is 7.40. The van der Waals surface area contributed by atoms with Crippen LogP contribution in [0.4, 0.5) is 4.39 Å². The van der Waals surface area contributed by atoms with E-state index in [0.29, 0.717) is 12.2 Å². The summed E-state index contributed by atoms with van der Waals surface area (Å²) in [4.78, 5) is 7.24. The number of hydrogen-bond acceptors (Lipinski definition) is 3. The monoisotopic (exact) mass is 142 g/mol. The Hall–Kier alpha value is -1.03. The van der Waals surface area contributed by atoms with Crippen molar-refractivity contribution in [3.05, 3.63) is 24.0 Å². The van der Waals surface area contributed by atoms with Gasteiger partial charge in [-0.25, -0.2) is 14.4 Å². The molecule has 0 radical (unpaired) electrons. The van der Waals surface area contributed by atoms with Crippen LogP contribution in [0.3, 0.4) is 0 Å². The van der Waals surface area contributed by atoms with Crippen molar-refractivity contribution in [2.75, 3.05) is 6.61 Å². The van der Waals surface area contributed by atoms with Crippen LogP contribution in [-0.4, -0.2) is 21.7 Å². The second kappa shape index (κ2) is 3.22. The molecule has 0 aliphatic carbocycles. The molecule has 0 saturated carbocycles. The maximum atomic E-state index is 12.1. The summed E-state index contributed by atoms with van der Waals surface area (Å²) in [6.07, 6.45) is 2.54. The molecular weight excluding hydrogens is 135 g/mol. The van der Waals surface area contributed by atoms with E-state index in [4.69, 9.17) is 5.11 Å². The molecule has 1 N–H and O–H groups in total. The Bertz CT molecular complexity index is 199. The van der Waals surface area contributed by atoms with Gasteiger partial charge < -0.3 is 5.11 Å². The Kier molecular flexibility index (Phi) is 2.28. The maximum absolute atomic E-state index is 12.1. The summed E-state index contributed by atoms with van der Waals surface area (Å²) in [5.41, 5.74) is 0. The number of hydrogen-bond donors (Lipinski definition) is 1. The molecule has 0 unspecified atom stereocenters.